The smallest absolute Gasteiger partial charge is 0.243 e. The summed E-state index contributed by atoms with van der Waals surface area (Å²) in [6, 6.07) is 2.85. The minimum atomic E-state index is -3.72. The van der Waals surface area contributed by atoms with Crippen LogP contribution in [0.2, 0.25) is 0 Å². The molecule has 9 heteroatoms. The lowest BCUT2D eigenvalue weighted by atomic mass is 10.2. The van der Waals surface area contributed by atoms with Crippen molar-refractivity contribution in [2.45, 2.75) is 36.1 Å². The van der Waals surface area contributed by atoms with Crippen LogP contribution in [0, 0.1) is 13.8 Å². The van der Waals surface area contributed by atoms with E-state index < -0.39 is 19.9 Å². The van der Waals surface area contributed by atoms with Crippen LogP contribution in [0.25, 0.3) is 0 Å². The van der Waals surface area contributed by atoms with E-state index >= 15 is 0 Å². The van der Waals surface area contributed by atoms with Gasteiger partial charge in [0.05, 0.1) is 9.79 Å². The SMILES string of the molecule is Cc1cc(S(C)(=O)=O)c(C)c(S(=O)(=O)N2CCC(N)C2)c1.Cl. The predicted molar refractivity (Wildman–Crippen MR) is 87.6 cm³/mol. The lowest BCUT2D eigenvalue weighted by molar-refractivity contribution is 0.471. The number of hydrogen-bond donors (Lipinski definition) is 1. The number of aryl methyl sites for hydroxylation is 1. The van der Waals surface area contributed by atoms with Crippen molar-refractivity contribution in [3.63, 3.8) is 0 Å². The van der Waals surface area contributed by atoms with Crippen LogP contribution in [0.5, 0.6) is 0 Å². The Labute approximate surface area is 138 Å². The van der Waals surface area contributed by atoms with Crippen molar-refractivity contribution in [1.29, 1.82) is 0 Å². The highest BCUT2D eigenvalue weighted by Crippen LogP contribution is 2.28. The number of halogens is 1. The second-order valence-electron chi connectivity index (χ2n) is 5.57. The molecule has 1 aromatic carbocycles. The van der Waals surface area contributed by atoms with Gasteiger partial charge in [-0.2, -0.15) is 4.31 Å². The quantitative estimate of drug-likeness (QED) is 0.852. The zero-order chi connectivity index (χ0) is 16.0. The molecule has 0 saturated carbocycles. The molecule has 2 rings (SSSR count). The molecule has 1 saturated heterocycles. The highest BCUT2D eigenvalue weighted by atomic mass is 35.5. The molecular formula is C13H21ClN2O4S2. The molecule has 6 nitrogen and oxygen atoms in total. The van der Waals surface area contributed by atoms with E-state index in [0.717, 1.165) is 6.26 Å². The Morgan fingerprint density at radius 3 is 2.14 bits per heavy atom. The van der Waals surface area contributed by atoms with Crippen LogP contribution in [0.4, 0.5) is 0 Å². The average molecular weight is 369 g/mol. The van der Waals surface area contributed by atoms with E-state index in [-0.39, 0.29) is 40.3 Å². The third kappa shape index (κ3) is 3.62. The third-order valence-electron chi connectivity index (χ3n) is 3.66. The van der Waals surface area contributed by atoms with Crippen molar-refractivity contribution in [3.05, 3.63) is 23.3 Å². The molecule has 0 spiro atoms. The van der Waals surface area contributed by atoms with Gasteiger partial charge < -0.3 is 5.73 Å². The van der Waals surface area contributed by atoms with Gasteiger partial charge in [0.25, 0.3) is 0 Å². The number of sulfone groups is 1. The van der Waals surface area contributed by atoms with Gasteiger partial charge in [0.2, 0.25) is 10.0 Å². The molecule has 1 atom stereocenters. The molecule has 0 aromatic heterocycles. The number of sulfonamides is 1. The highest BCUT2D eigenvalue weighted by Gasteiger charge is 2.33. The molecular weight excluding hydrogens is 348 g/mol. The molecule has 1 aromatic rings. The third-order valence-corrected chi connectivity index (χ3v) is 6.88. The van der Waals surface area contributed by atoms with Crippen LogP contribution in [0.15, 0.2) is 21.9 Å². The molecule has 22 heavy (non-hydrogen) atoms. The van der Waals surface area contributed by atoms with Gasteiger partial charge in [-0.3, -0.25) is 0 Å². The molecule has 0 amide bonds. The lowest BCUT2D eigenvalue weighted by Gasteiger charge is -2.19. The van der Waals surface area contributed by atoms with Crippen LogP contribution < -0.4 is 5.73 Å². The van der Waals surface area contributed by atoms with Crippen molar-refractivity contribution in [2.75, 3.05) is 19.3 Å². The topological polar surface area (TPSA) is 97.5 Å². The van der Waals surface area contributed by atoms with E-state index in [1.165, 1.54) is 23.4 Å². The summed E-state index contributed by atoms with van der Waals surface area (Å²) in [6.07, 6.45) is 1.69. The molecule has 126 valence electrons. The van der Waals surface area contributed by atoms with Gasteiger partial charge in [0.1, 0.15) is 0 Å². The van der Waals surface area contributed by atoms with E-state index in [2.05, 4.69) is 0 Å². The fourth-order valence-electron chi connectivity index (χ4n) is 2.56. The summed E-state index contributed by atoms with van der Waals surface area (Å²) < 4.78 is 50.4. The Morgan fingerprint density at radius 2 is 1.68 bits per heavy atom. The van der Waals surface area contributed by atoms with Gasteiger partial charge in [0.15, 0.2) is 9.84 Å². The van der Waals surface area contributed by atoms with Crippen molar-refractivity contribution in [2.24, 2.45) is 5.73 Å². The number of benzene rings is 1. The van der Waals surface area contributed by atoms with Crippen LogP contribution >= 0.6 is 12.4 Å². The Bertz CT molecular complexity index is 775. The van der Waals surface area contributed by atoms with Crippen molar-refractivity contribution in [1.82, 2.24) is 4.31 Å². The Kier molecular flexibility index (Phi) is 5.68. The van der Waals surface area contributed by atoms with E-state index in [9.17, 15) is 16.8 Å². The first-order valence-corrected chi connectivity index (χ1v) is 9.93. The first-order chi connectivity index (χ1) is 9.53. The van der Waals surface area contributed by atoms with Crippen molar-refractivity contribution in [3.8, 4) is 0 Å². The first kappa shape index (κ1) is 19.4. The zero-order valence-corrected chi connectivity index (χ0v) is 15.2. The van der Waals surface area contributed by atoms with E-state index in [0.29, 0.717) is 18.5 Å². The standard InChI is InChI=1S/C13H20N2O4S2.ClH/c1-9-6-12(20(3,16)17)10(2)13(7-9)21(18,19)15-5-4-11(14)8-15;/h6-7,11H,4-5,8,14H2,1-3H3;1H. The maximum Gasteiger partial charge on any atom is 0.243 e. The second-order valence-corrected chi connectivity index (χ2v) is 9.46. The summed E-state index contributed by atoms with van der Waals surface area (Å²) >= 11 is 0. The van der Waals surface area contributed by atoms with Gasteiger partial charge in [0, 0.05) is 25.4 Å². The van der Waals surface area contributed by atoms with E-state index in [1.807, 2.05) is 0 Å². The fraction of sp³-hybridized carbons (Fsp3) is 0.538. The van der Waals surface area contributed by atoms with Crippen LogP contribution in [0.3, 0.4) is 0 Å². The summed E-state index contributed by atoms with van der Waals surface area (Å²) in [5, 5.41) is 0. The maximum absolute atomic E-state index is 12.7. The Morgan fingerprint density at radius 1 is 1.14 bits per heavy atom. The fourth-order valence-corrected chi connectivity index (χ4v) is 5.53. The number of nitrogens with two attached hydrogens (primary N) is 1. The summed E-state index contributed by atoms with van der Waals surface area (Å²) in [5.74, 6) is 0. The van der Waals surface area contributed by atoms with Crippen LogP contribution in [-0.4, -0.2) is 46.5 Å². The Balaban J connectivity index is 0.00000242. The molecule has 1 aliphatic heterocycles. The summed E-state index contributed by atoms with van der Waals surface area (Å²) in [6.45, 7) is 3.84. The molecule has 2 N–H and O–H groups in total. The molecule has 1 fully saturated rings. The van der Waals surface area contributed by atoms with Gasteiger partial charge in [-0.05, 0) is 43.5 Å². The highest BCUT2D eigenvalue weighted by molar-refractivity contribution is 7.91. The summed E-state index contributed by atoms with van der Waals surface area (Å²) in [4.78, 5) is 0.113. The Hall–Kier alpha value is -0.670. The zero-order valence-electron chi connectivity index (χ0n) is 12.7. The number of nitrogens with zero attached hydrogens (tertiary/aromatic N) is 1. The summed E-state index contributed by atoms with van der Waals surface area (Å²) in [5.41, 5.74) is 6.63. The summed E-state index contributed by atoms with van der Waals surface area (Å²) in [7, 11) is -7.20. The number of hydrogen-bond acceptors (Lipinski definition) is 5. The molecule has 0 radical (unpaired) electrons. The van der Waals surface area contributed by atoms with Crippen molar-refractivity contribution < 1.29 is 16.8 Å². The van der Waals surface area contributed by atoms with Crippen LogP contribution in [0.1, 0.15) is 17.5 Å². The average Bonchev–Trinajstić information content (AvgIpc) is 2.77. The van der Waals surface area contributed by atoms with Gasteiger partial charge >= 0.3 is 0 Å². The van der Waals surface area contributed by atoms with Crippen LogP contribution in [-0.2, 0) is 19.9 Å². The molecule has 1 heterocycles. The van der Waals surface area contributed by atoms with Gasteiger partial charge in [-0.1, -0.05) is 0 Å². The monoisotopic (exact) mass is 368 g/mol. The van der Waals surface area contributed by atoms with Gasteiger partial charge in [-0.25, -0.2) is 16.8 Å². The number of rotatable bonds is 3. The minimum absolute atomic E-state index is 0. The molecule has 1 aliphatic rings. The second kappa shape index (κ2) is 6.45. The molecule has 1 unspecified atom stereocenters. The largest absolute Gasteiger partial charge is 0.326 e. The molecule has 0 aliphatic carbocycles. The minimum Gasteiger partial charge on any atom is -0.326 e. The predicted octanol–water partition coefficient (Wildman–Crippen LogP) is 0.850. The normalized spacial score (nSPS) is 19.9. The lowest BCUT2D eigenvalue weighted by Crippen LogP contribution is -2.32. The first-order valence-electron chi connectivity index (χ1n) is 6.60. The van der Waals surface area contributed by atoms with E-state index in [1.54, 1.807) is 6.92 Å². The van der Waals surface area contributed by atoms with Gasteiger partial charge in [-0.15, -0.1) is 12.4 Å². The van der Waals surface area contributed by atoms with E-state index in [4.69, 9.17) is 5.73 Å². The maximum atomic E-state index is 12.7. The molecule has 0 bridgehead atoms. The van der Waals surface area contributed by atoms with Crippen molar-refractivity contribution >= 4 is 32.3 Å².